The summed E-state index contributed by atoms with van der Waals surface area (Å²) in [5.41, 5.74) is 0.974. The smallest absolute Gasteiger partial charge is 0.255 e. The van der Waals surface area contributed by atoms with E-state index in [1.807, 2.05) is 6.92 Å². The lowest BCUT2D eigenvalue weighted by molar-refractivity contribution is 0.102. The van der Waals surface area contributed by atoms with Gasteiger partial charge in [-0.25, -0.2) is 13.1 Å². The van der Waals surface area contributed by atoms with E-state index in [1.165, 1.54) is 12.1 Å². The molecule has 2 aromatic carbocycles. The van der Waals surface area contributed by atoms with Gasteiger partial charge in [-0.2, -0.15) is 0 Å². The van der Waals surface area contributed by atoms with Crippen molar-refractivity contribution < 1.29 is 22.7 Å². The van der Waals surface area contributed by atoms with Crippen molar-refractivity contribution in [2.75, 3.05) is 25.6 Å². The van der Waals surface area contributed by atoms with E-state index >= 15 is 0 Å². The van der Waals surface area contributed by atoms with Gasteiger partial charge in [0.2, 0.25) is 10.0 Å². The Balaban J connectivity index is 1.99. The van der Waals surface area contributed by atoms with E-state index in [0.29, 0.717) is 36.6 Å². The number of anilines is 1. The van der Waals surface area contributed by atoms with E-state index in [-0.39, 0.29) is 16.8 Å². The highest BCUT2D eigenvalue weighted by Gasteiger charge is 2.16. The Morgan fingerprint density at radius 3 is 2.25 bits per heavy atom. The van der Waals surface area contributed by atoms with Crippen molar-refractivity contribution in [3.8, 4) is 5.75 Å². The van der Waals surface area contributed by atoms with Crippen molar-refractivity contribution in [1.29, 1.82) is 0 Å². The van der Waals surface area contributed by atoms with Gasteiger partial charge in [0.05, 0.1) is 11.5 Å². The van der Waals surface area contributed by atoms with Crippen molar-refractivity contribution in [1.82, 2.24) is 4.72 Å². The summed E-state index contributed by atoms with van der Waals surface area (Å²) in [6.45, 7) is 4.63. The van der Waals surface area contributed by atoms with Crippen LogP contribution in [0, 0.1) is 0 Å². The molecule has 0 heterocycles. The summed E-state index contributed by atoms with van der Waals surface area (Å²) in [5, 5.41) is 2.75. The number of benzene rings is 2. The van der Waals surface area contributed by atoms with Crippen LogP contribution in [0.25, 0.3) is 0 Å². The van der Waals surface area contributed by atoms with Gasteiger partial charge in [0.15, 0.2) is 0 Å². The Labute approximate surface area is 166 Å². The van der Waals surface area contributed by atoms with Crippen molar-refractivity contribution in [3.05, 3.63) is 54.1 Å². The largest absolute Gasteiger partial charge is 0.491 e. The number of ether oxygens (including phenoxy) is 2. The third-order valence-electron chi connectivity index (χ3n) is 4.06. The second kappa shape index (κ2) is 10.2. The number of rotatable bonds is 10. The molecule has 28 heavy (non-hydrogen) atoms. The van der Waals surface area contributed by atoms with Crippen molar-refractivity contribution >= 4 is 21.6 Å². The second-order valence-electron chi connectivity index (χ2n) is 6.27. The SMILES string of the molecule is CCC(C)NS(=O)(=O)c1ccc(NC(=O)c2ccc(OCCOC)cc2)cc1. The Kier molecular flexibility index (Phi) is 7.98. The molecule has 0 saturated carbocycles. The zero-order valence-corrected chi connectivity index (χ0v) is 17.1. The number of amides is 1. The fraction of sp³-hybridized carbons (Fsp3) is 0.350. The zero-order chi connectivity index (χ0) is 20.6. The first-order valence-corrected chi connectivity index (χ1v) is 10.5. The van der Waals surface area contributed by atoms with Crippen LogP contribution in [0.3, 0.4) is 0 Å². The molecule has 0 saturated heterocycles. The highest BCUT2D eigenvalue weighted by atomic mass is 32.2. The summed E-state index contributed by atoms with van der Waals surface area (Å²) in [6, 6.07) is 12.6. The lowest BCUT2D eigenvalue weighted by atomic mass is 10.2. The number of carbonyl (C=O) groups is 1. The molecule has 2 N–H and O–H groups in total. The maximum absolute atomic E-state index is 12.3. The van der Waals surface area contributed by atoms with Crippen LogP contribution in [0.4, 0.5) is 5.69 Å². The normalized spacial score (nSPS) is 12.4. The van der Waals surface area contributed by atoms with Crippen LogP contribution < -0.4 is 14.8 Å². The molecule has 0 bridgehead atoms. The highest BCUT2D eigenvalue weighted by Crippen LogP contribution is 2.17. The van der Waals surface area contributed by atoms with Crippen molar-refractivity contribution in [2.45, 2.75) is 31.2 Å². The molecule has 1 unspecified atom stereocenters. The number of hydrogen-bond acceptors (Lipinski definition) is 5. The minimum atomic E-state index is -3.57. The topological polar surface area (TPSA) is 93.7 Å². The molecule has 0 spiro atoms. The second-order valence-corrected chi connectivity index (χ2v) is 7.99. The highest BCUT2D eigenvalue weighted by molar-refractivity contribution is 7.89. The van der Waals surface area contributed by atoms with E-state index in [4.69, 9.17) is 9.47 Å². The average Bonchev–Trinajstić information content (AvgIpc) is 2.68. The van der Waals surface area contributed by atoms with Crippen LogP contribution >= 0.6 is 0 Å². The molecule has 0 aliphatic carbocycles. The monoisotopic (exact) mass is 406 g/mol. The van der Waals surface area contributed by atoms with E-state index in [0.717, 1.165) is 0 Å². The molecular formula is C20H26N2O5S. The maximum Gasteiger partial charge on any atom is 0.255 e. The van der Waals surface area contributed by atoms with Gasteiger partial charge in [-0.05, 0) is 61.9 Å². The summed E-state index contributed by atoms with van der Waals surface area (Å²) in [7, 11) is -1.97. The molecule has 8 heteroatoms. The van der Waals surface area contributed by atoms with Crippen molar-refractivity contribution in [3.63, 3.8) is 0 Å². The molecule has 0 aromatic heterocycles. The minimum absolute atomic E-state index is 0.147. The first-order chi connectivity index (χ1) is 13.4. The summed E-state index contributed by atoms with van der Waals surface area (Å²) in [6.07, 6.45) is 0.698. The van der Waals surface area contributed by atoms with Crippen LogP contribution in [0.5, 0.6) is 5.75 Å². The molecule has 1 atom stereocenters. The number of sulfonamides is 1. The Hall–Kier alpha value is -2.42. The Morgan fingerprint density at radius 1 is 1.04 bits per heavy atom. The lowest BCUT2D eigenvalue weighted by Gasteiger charge is -2.12. The molecule has 152 valence electrons. The van der Waals surface area contributed by atoms with E-state index in [9.17, 15) is 13.2 Å². The number of carbonyl (C=O) groups excluding carboxylic acids is 1. The quantitative estimate of drug-likeness (QED) is 0.592. The van der Waals surface area contributed by atoms with Crippen LogP contribution in [0.1, 0.15) is 30.6 Å². The third kappa shape index (κ3) is 6.33. The lowest BCUT2D eigenvalue weighted by Crippen LogP contribution is -2.31. The third-order valence-corrected chi connectivity index (χ3v) is 5.67. The molecule has 0 aliphatic rings. The summed E-state index contributed by atoms with van der Waals surface area (Å²) in [4.78, 5) is 12.5. The molecule has 0 radical (unpaired) electrons. The maximum atomic E-state index is 12.3. The van der Waals surface area contributed by atoms with Crippen LogP contribution in [-0.2, 0) is 14.8 Å². The fourth-order valence-electron chi connectivity index (χ4n) is 2.28. The zero-order valence-electron chi connectivity index (χ0n) is 16.3. The minimum Gasteiger partial charge on any atom is -0.491 e. The van der Waals surface area contributed by atoms with Crippen molar-refractivity contribution in [2.24, 2.45) is 0 Å². The number of hydrogen-bond donors (Lipinski definition) is 2. The molecule has 7 nitrogen and oxygen atoms in total. The summed E-state index contributed by atoms with van der Waals surface area (Å²) in [5.74, 6) is 0.355. The molecule has 2 rings (SSSR count). The summed E-state index contributed by atoms with van der Waals surface area (Å²) < 4.78 is 37.5. The van der Waals surface area contributed by atoms with Gasteiger partial charge < -0.3 is 14.8 Å². The molecule has 0 fully saturated rings. The van der Waals surface area contributed by atoms with Gasteiger partial charge in [-0.15, -0.1) is 0 Å². The van der Waals surface area contributed by atoms with Gasteiger partial charge in [-0.3, -0.25) is 4.79 Å². The van der Waals surface area contributed by atoms with Crippen LogP contribution in [-0.4, -0.2) is 40.7 Å². The first-order valence-electron chi connectivity index (χ1n) is 9.01. The number of nitrogens with one attached hydrogen (secondary N) is 2. The van der Waals surface area contributed by atoms with E-state index < -0.39 is 10.0 Å². The first kappa shape index (κ1) is 21.9. The van der Waals surface area contributed by atoms with Gasteiger partial charge in [-0.1, -0.05) is 6.92 Å². The summed E-state index contributed by atoms with van der Waals surface area (Å²) >= 11 is 0. The van der Waals surface area contributed by atoms with Crippen LogP contribution in [0.15, 0.2) is 53.4 Å². The van der Waals surface area contributed by atoms with Gasteiger partial charge in [0.25, 0.3) is 5.91 Å². The van der Waals surface area contributed by atoms with Gasteiger partial charge in [0, 0.05) is 24.4 Å². The fourth-order valence-corrected chi connectivity index (χ4v) is 3.61. The average molecular weight is 407 g/mol. The Bertz CT molecular complexity index is 864. The predicted octanol–water partition coefficient (Wildman–Crippen LogP) is 3.04. The molecule has 0 aliphatic heterocycles. The molecule has 1 amide bonds. The van der Waals surface area contributed by atoms with Gasteiger partial charge >= 0.3 is 0 Å². The van der Waals surface area contributed by atoms with E-state index in [1.54, 1.807) is 50.4 Å². The van der Waals surface area contributed by atoms with Gasteiger partial charge in [0.1, 0.15) is 12.4 Å². The predicted molar refractivity (Wildman–Crippen MR) is 108 cm³/mol. The Morgan fingerprint density at radius 2 is 1.68 bits per heavy atom. The standard InChI is InChI=1S/C20H26N2O5S/c1-4-15(2)22-28(24,25)19-11-7-17(8-12-19)21-20(23)16-5-9-18(10-6-16)27-14-13-26-3/h5-12,15,22H,4,13-14H2,1-3H3,(H,21,23). The van der Waals surface area contributed by atoms with E-state index in [2.05, 4.69) is 10.0 Å². The number of methoxy groups -OCH3 is 1. The molecule has 2 aromatic rings. The molecular weight excluding hydrogens is 380 g/mol. The van der Waals surface area contributed by atoms with Crippen LogP contribution in [0.2, 0.25) is 0 Å².